The van der Waals surface area contributed by atoms with Gasteiger partial charge < -0.3 is 15.2 Å². The van der Waals surface area contributed by atoms with E-state index < -0.39 is 17.1 Å². The third kappa shape index (κ3) is 2.18. The predicted molar refractivity (Wildman–Crippen MR) is 87.3 cm³/mol. The van der Waals surface area contributed by atoms with E-state index in [0.717, 1.165) is 12.8 Å². The van der Waals surface area contributed by atoms with Crippen LogP contribution in [0.5, 0.6) is 0 Å². The zero-order valence-corrected chi connectivity index (χ0v) is 13.0. The average molecular weight is 333 g/mol. The smallest absolute Gasteiger partial charge is 0.191 e. The molecule has 1 aliphatic carbocycles. The van der Waals surface area contributed by atoms with E-state index in [4.69, 9.17) is 5.73 Å². The van der Waals surface area contributed by atoms with Crippen LogP contribution < -0.4 is 16.1 Å². The van der Waals surface area contributed by atoms with E-state index in [1.54, 1.807) is 10.8 Å². The molecule has 0 atom stereocenters. The highest BCUT2D eigenvalue weighted by molar-refractivity contribution is 5.95. The average Bonchev–Trinajstić information content (AvgIpc) is 3.39. The minimum absolute atomic E-state index is 0.0656. The Labute approximate surface area is 136 Å². The molecule has 2 heterocycles. The number of nitrogens with two attached hydrogens (primary N) is 1. The summed E-state index contributed by atoms with van der Waals surface area (Å²) in [6, 6.07) is 1.41. The number of carbonyl (C=O) groups is 1. The van der Waals surface area contributed by atoms with Crippen molar-refractivity contribution in [1.29, 1.82) is 0 Å². The van der Waals surface area contributed by atoms with E-state index in [1.165, 1.54) is 11.0 Å². The summed E-state index contributed by atoms with van der Waals surface area (Å²) >= 11 is 0. The standard InChI is InChI=1S/C17H17F2N3O2/c18-13-15(20)12-11(24)5-8-22(9-1-2-9)16(12)14(19)17(13)21-6-3-10(23)4-7-21/h5,8-9H,1-4,6-7,20H2. The van der Waals surface area contributed by atoms with Crippen molar-refractivity contribution in [3.05, 3.63) is 34.1 Å². The van der Waals surface area contributed by atoms with Crippen molar-refractivity contribution in [2.45, 2.75) is 31.7 Å². The van der Waals surface area contributed by atoms with Crippen molar-refractivity contribution >= 4 is 28.1 Å². The van der Waals surface area contributed by atoms with Crippen molar-refractivity contribution in [2.75, 3.05) is 23.7 Å². The van der Waals surface area contributed by atoms with Gasteiger partial charge in [-0.1, -0.05) is 0 Å². The molecule has 1 saturated heterocycles. The van der Waals surface area contributed by atoms with Crippen LogP contribution in [0.25, 0.3) is 10.9 Å². The van der Waals surface area contributed by atoms with Crippen LogP contribution in [0.2, 0.25) is 0 Å². The first-order valence-electron chi connectivity index (χ1n) is 8.07. The van der Waals surface area contributed by atoms with Crippen molar-refractivity contribution in [2.24, 2.45) is 0 Å². The maximum Gasteiger partial charge on any atom is 0.191 e. The van der Waals surface area contributed by atoms with Crippen LogP contribution in [0.3, 0.4) is 0 Å². The van der Waals surface area contributed by atoms with Crippen LogP contribution in [0.15, 0.2) is 17.1 Å². The number of rotatable bonds is 2. The van der Waals surface area contributed by atoms with E-state index >= 15 is 4.39 Å². The third-order valence-corrected chi connectivity index (χ3v) is 4.84. The lowest BCUT2D eigenvalue weighted by molar-refractivity contribution is -0.119. The predicted octanol–water partition coefficient (Wildman–Crippen LogP) is 2.37. The summed E-state index contributed by atoms with van der Waals surface area (Å²) < 4.78 is 31.7. The second-order valence-corrected chi connectivity index (χ2v) is 6.46. The molecule has 126 valence electrons. The van der Waals surface area contributed by atoms with Gasteiger partial charge in [-0.3, -0.25) is 9.59 Å². The molecule has 1 aliphatic heterocycles. The molecule has 1 aromatic carbocycles. The summed E-state index contributed by atoms with van der Waals surface area (Å²) in [5.41, 5.74) is 4.89. The molecule has 5 nitrogen and oxygen atoms in total. The van der Waals surface area contributed by atoms with E-state index in [9.17, 15) is 14.0 Å². The molecule has 0 radical (unpaired) electrons. The Balaban J connectivity index is 1.99. The van der Waals surface area contributed by atoms with Crippen molar-refractivity contribution in [1.82, 2.24) is 4.57 Å². The molecule has 0 amide bonds. The Morgan fingerprint density at radius 1 is 1.08 bits per heavy atom. The largest absolute Gasteiger partial charge is 0.396 e. The summed E-state index contributed by atoms with van der Waals surface area (Å²) in [7, 11) is 0. The zero-order valence-electron chi connectivity index (χ0n) is 13.0. The molecule has 2 aromatic rings. The normalized spacial score (nSPS) is 18.4. The van der Waals surface area contributed by atoms with Crippen LogP contribution in [-0.2, 0) is 4.79 Å². The lowest BCUT2D eigenvalue weighted by Crippen LogP contribution is -2.35. The van der Waals surface area contributed by atoms with E-state index in [2.05, 4.69) is 0 Å². The molecule has 24 heavy (non-hydrogen) atoms. The third-order valence-electron chi connectivity index (χ3n) is 4.84. The summed E-state index contributed by atoms with van der Waals surface area (Å²) in [6.45, 7) is 0.496. The lowest BCUT2D eigenvalue weighted by Gasteiger charge is -2.30. The highest BCUT2D eigenvalue weighted by Gasteiger charge is 2.31. The number of aromatic nitrogens is 1. The Kier molecular flexibility index (Phi) is 3.33. The van der Waals surface area contributed by atoms with E-state index in [-0.39, 0.29) is 60.0 Å². The summed E-state index contributed by atoms with van der Waals surface area (Å²) in [5, 5.41) is -0.101. The number of benzene rings is 1. The number of nitrogens with zero attached hydrogens (tertiary/aromatic N) is 2. The molecular weight excluding hydrogens is 316 g/mol. The Morgan fingerprint density at radius 2 is 1.75 bits per heavy atom. The summed E-state index contributed by atoms with van der Waals surface area (Å²) in [6.07, 6.45) is 3.83. The highest BCUT2D eigenvalue weighted by Crippen LogP contribution is 2.41. The minimum Gasteiger partial charge on any atom is -0.396 e. The van der Waals surface area contributed by atoms with Crippen molar-refractivity contribution < 1.29 is 13.6 Å². The number of Topliss-reactive ketones (excluding diaryl/α,β-unsaturated/α-hetero) is 1. The first kappa shape index (κ1) is 15.1. The Bertz CT molecular complexity index is 908. The number of piperidine rings is 1. The number of hydrogen-bond acceptors (Lipinski definition) is 4. The lowest BCUT2D eigenvalue weighted by atomic mass is 10.1. The van der Waals surface area contributed by atoms with Gasteiger partial charge in [-0.25, -0.2) is 8.78 Å². The van der Waals surface area contributed by atoms with Gasteiger partial charge in [-0.15, -0.1) is 0 Å². The molecule has 2 N–H and O–H groups in total. The van der Waals surface area contributed by atoms with Crippen LogP contribution in [-0.4, -0.2) is 23.4 Å². The fourth-order valence-corrected chi connectivity index (χ4v) is 3.40. The quantitative estimate of drug-likeness (QED) is 0.857. The molecule has 7 heteroatoms. The van der Waals surface area contributed by atoms with Gasteiger partial charge in [0.1, 0.15) is 11.5 Å². The first-order chi connectivity index (χ1) is 11.5. The van der Waals surface area contributed by atoms with Gasteiger partial charge in [0.2, 0.25) is 0 Å². The Morgan fingerprint density at radius 3 is 2.38 bits per heavy atom. The van der Waals surface area contributed by atoms with Gasteiger partial charge in [0.25, 0.3) is 0 Å². The molecule has 0 spiro atoms. The Hall–Kier alpha value is -2.44. The van der Waals surface area contributed by atoms with Crippen LogP contribution in [0.4, 0.5) is 20.2 Å². The number of hydrogen-bond donors (Lipinski definition) is 1. The number of ketones is 1. The summed E-state index contributed by atoms with van der Waals surface area (Å²) in [4.78, 5) is 25.1. The minimum atomic E-state index is -0.917. The number of nitrogen functional groups attached to an aromatic ring is 1. The number of fused-ring (bicyclic) bond motifs is 1. The number of carbonyl (C=O) groups excluding carboxylic acids is 1. The molecule has 2 aliphatic rings. The van der Waals surface area contributed by atoms with Crippen LogP contribution in [0.1, 0.15) is 31.7 Å². The highest BCUT2D eigenvalue weighted by atomic mass is 19.1. The van der Waals surface area contributed by atoms with Gasteiger partial charge >= 0.3 is 0 Å². The van der Waals surface area contributed by atoms with Gasteiger partial charge in [0.05, 0.1) is 16.6 Å². The number of pyridine rings is 1. The van der Waals surface area contributed by atoms with Crippen LogP contribution in [0, 0.1) is 11.6 Å². The number of anilines is 2. The summed E-state index contributed by atoms with van der Waals surface area (Å²) in [5.74, 6) is -1.61. The molecule has 1 aromatic heterocycles. The van der Waals surface area contributed by atoms with Gasteiger partial charge in [0.15, 0.2) is 17.1 Å². The molecule has 4 rings (SSSR count). The van der Waals surface area contributed by atoms with Crippen LogP contribution >= 0.6 is 0 Å². The van der Waals surface area contributed by atoms with Crippen molar-refractivity contribution in [3.63, 3.8) is 0 Å². The molecule has 1 saturated carbocycles. The van der Waals surface area contributed by atoms with Crippen molar-refractivity contribution in [3.8, 4) is 0 Å². The molecular formula is C17H17F2N3O2. The first-order valence-corrected chi connectivity index (χ1v) is 8.07. The second-order valence-electron chi connectivity index (χ2n) is 6.46. The monoisotopic (exact) mass is 333 g/mol. The maximum absolute atomic E-state index is 15.2. The topological polar surface area (TPSA) is 68.3 Å². The zero-order chi connectivity index (χ0) is 17.0. The SMILES string of the molecule is Nc1c(F)c(N2CCC(=O)CC2)c(F)c2c1c(=O)ccn2C1CC1. The fourth-order valence-electron chi connectivity index (χ4n) is 3.40. The van der Waals surface area contributed by atoms with Gasteiger partial charge in [0, 0.05) is 44.2 Å². The molecule has 0 bridgehead atoms. The number of halogens is 2. The molecule has 0 unspecified atom stereocenters. The maximum atomic E-state index is 15.2. The van der Waals surface area contributed by atoms with E-state index in [0.29, 0.717) is 0 Å². The second kappa shape index (κ2) is 5.29. The molecule has 2 fully saturated rings. The van der Waals surface area contributed by atoms with Gasteiger partial charge in [-0.05, 0) is 12.8 Å². The van der Waals surface area contributed by atoms with Gasteiger partial charge in [-0.2, -0.15) is 0 Å². The fraction of sp³-hybridized carbons (Fsp3) is 0.412. The van der Waals surface area contributed by atoms with E-state index in [1.807, 2.05) is 0 Å².